The van der Waals surface area contributed by atoms with E-state index in [9.17, 15) is 14.4 Å². The van der Waals surface area contributed by atoms with Crippen LogP contribution in [0.1, 0.15) is 37.6 Å². The predicted octanol–water partition coefficient (Wildman–Crippen LogP) is 3.07. The van der Waals surface area contributed by atoms with Gasteiger partial charge in [0.2, 0.25) is 11.8 Å². The summed E-state index contributed by atoms with van der Waals surface area (Å²) in [4.78, 5) is 37.1. The second-order valence-corrected chi connectivity index (χ2v) is 6.70. The summed E-state index contributed by atoms with van der Waals surface area (Å²) >= 11 is 3.21. The zero-order valence-corrected chi connectivity index (χ0v) is 13.6. The van der Waals surface area contributed by atoms with Gasteiger partial charge in [-0.25, -0.2) is 9.69 Å². The van der Waals surface area contributed by atoms with Crippen molar-refractivity contribution >= 4 is 39.4 Å². The van der Waals surface area contributed by atoms with Gasteiger partial charge < -0.3 is 5.11 Å². The lowest BCUT2D eigenvalue weighted by molar-refractivity contribution is -0.126. The largest absolute Gasteiger partial charge is 0.478 e. The van der Waals surface area contributed by atoms with E-state index >= 15 is 0 Å². The molecule has 2 amide bonds. The van der Waals surface area contributed by atoms with Crippen molar-refractivity contribution in [1.82, 2.24) is 0 Å². The minimum absolute atomic E-state index is 0.0186. The molecule has 0 bridgehead atoms. The first-order chi connectivity index (χ1) is 9.66. The lowest BCUT2D eigenvalue weighted by atomic mass is 9.78. The van der Waals surface area contributed by atoms with Crippen LogP contribution in [0.5, 0.6) is 0 Å². The van der Waals surface area contributed by atoms with Crippen molar-refractivity contribution < 1.29 is 19.5 Å². The maximum absolute atomic E-state index is 12.6. The Labute approximate surface area is 131 Å². The Balaban J connectivity index is 2.50. The van der Waals surface area contributed by atoms with Gasteiger partial charge in [0.25, 0.3) is 0 Å². The SMILES string of the molecule is CC(C)C1(C)CC(=O)N(c2cc(Br)cc(C(=O)O)c2)C1=O. The van der Waals surface area contributed by atoms with Gasteiger partial charge in [-0.05, 0) is 31.0 Å². The molecule has 1 unspecified atom stereocenters. The number of benzene rings is 1. The molecule has 1 aromatic rings. The number of hydrogen-bond acceptors (Lipinski definition) is 3. The summed E-state index contributed by atoms with van der Waals surface area (Å²) in [5.41, 5.74) is -0.428. The number of carboxylic acid groups (broad SMARTS) is 1. The van der Waals surface area contributed by atoms with Crippen molar-refractivity contribution in [2.75, 3.05) is 4.90 Å². The van der Waals surface area contributed by atoms with Gasteiger partial charge in [0, 0.05) is 10.9 Å². The van der Waals surface area contributed by atoms with E-state index in [-0.39, 0.29) is 29.7 Å². The van der Waals surface area contributed by atoms with E-state index in [1.165, 1.54) is 12.1 Å². The number of carbonyl (C=O) groups is 3. The van der Waals surface area contributed by atoms with Gasteiger partial charge in [-0.3, -0.25) is 9.59 Å². The number of amides is 2. The topological polar surface area (TPSA) is 74.7 Å². The summed E-state index contributed by atoms with van der Waals surface area (Å²) < 4.78 is 0.510. The van der Waals surface area contributed by atoms with E-state index in [4.69, 9.17) is 5.11 Å². The van der Waals surface area contributed by atoms with Crippen LogP contribution in [0.3, 0.4) is 0 Å². The molecule has 0 saturated carbocycles. The van der Waals surface area contributed by atoms with Crippen molar-refractivity contribution in [2.24, 2.45) is 11.3 Å². The van der Waals surface area contributed by atoms with Crippen LogP contribution in [-0.4, -0.2) is 22.9 Å². The molecule has 0 aliphatic carbocycles. The number of carbonyl (C=O) groups excluding carboxylic acids is 2. The minimum Gasteiger partial charge on any atom is -0.478 e. The summed E-state index contributed by atoms with van der Waals surface area (Å²) in [6, 6.07) is 4.35. The summed E-state index contributed by atoms with van der Waals surface area (Å²) in [5.74, 6) is -1.67. The summed E-state index contributed by atoms with van der Waals surface area (Å²) in [6.45, 7) is 5.57. The third-order valence-electron chi connectivity index (χ3n) is 4.12. The monoisotopic (exact) mass is 353 g/mol. The fourth-order valence-corrected chi connectivity index (χ4v) is 2.86. The molecular formula is C15H16BrNO4. The first-order valence-electron chi connectivity index (χ1n) is 6.58. The van der Waals surface area contributed by atoms with Crippen LogP contribution < -0.4 is 4.90 Å². The Kier molecular flexibility index (Phi) is 3.93. The van der Waals surface area contributed by atoms with Gasteiger partial charge in [0.1, 0.15) is 0 Å². The van der Waals surface area contributed by atoms with Crippen LogP contribution in [0, 0.1) is 11.3 Å². The van der Waals surface area contributed by atoms with Crippen molar-refractivity contribution in [2.45, 2.75) is 27.2 Å². The Morgan fingerprint density at radius 3 is 2.43 bits per heavy atom. The second kappa shape index (κ2) is 5.26. The predicted molar refractivity (Wildman–Crippen MR) is 81.2 cm³/mol. The molecule has 1 atom stereocenters. The van der Waals surface area contributed by atoms with E-state index < -0.39 is 11.4 Å². The fraction of sp³-hybridized carbons (Fsp3) is 0.400. The number of imide groups is 1. The third-order valence-corrected chi connectivity index (χ3v) is 4.58. The molecular weight excluding hydrogens is 338 g/mol. The Morgan fingerprint density at radius 1 is 1.33 bits per heavy atom. The average Bonchev–Trinajstić information content (AvgIpc) is 2.60. The third kappa shape index (κ3) is 2.60. The Morgan fingerprint density at radius 2 is 1.95 bits per heavy atom. The number of carboxylic acids is 1. The van der Waals surface area contributed by atoms with Gasteiger partial charge in [-0.15, -0.1) is 0 Å². The Bertz CT molecular complexity index is 641. The molecule has 1 saturated heterocycles. The molecule has 1 N–H and O–H groups in total. The number of aromatic carboxylic acids is 1. The normalized spacial score (nSPS) is 22.2. The summed E-state index contributed by atoms with van der Waals surface area (Å²) in [6.07, 6.45) is 0.137. The van der Waals surface area contributed by atoms with E-state index in [0.717, 1.165) is 4.90 Å². The van der Waals surface area contributed by atoms with Gasteiger partial charge in [0.05, 0.1) is 16.7 Å². The highest BCUT2D eigenvalue weighted by Crippen LogP contribution is 2.41. The van der Waals surface area contributed by atoms with E-state index in [1.54, 1.807) is 13.0 Å². The lowest BCUT2D eigenvalue weighted by Gasteiger charge is -2.26. The molecule has 5 nitrogen and oxygen atoms in total. The first-order valence-corrected chi connectivity index (χ1v) is 7.37. The highest BCUT2D eigenvalue weighted by molar-refractivity contribution is 9.10. The minimum atomic E-state index is -1.11. The fourth-order valence-electron chi connectivity index (χ4n) is 2.38. The van der Waals surface area contributed by atoms with Crippen LogP contribution in [-0.2, 0) is 9.59 Å². The number of rotatable bonds is 3. The van der Waals surface area contributed by atoms with Crippen molar-refractivity contribution in [1.29, 1.82) is 0 Å². The van der Waals surface area contributed by atoms with Crippen LogP contribution in [0.2, 0.25) is 0 Å². The molecule has 2 rings (SSSR count). The van der Waals surface area contributed by atoms with Crippen molar-refractivity contribution in [3.05, 3.63) is 28.2 Å². The molecule has 0 radical (unpaired) electrons. The van der Waals surface area contributed by atoms with E-state index in [2.05, 4.69) is 15.9 Å². The summed E-state index contributed by atoms with van der Waals surface area (Å²) in [7, 11) is 0. The smallest absolute Gasteiger partial charge is 0.335 e. The molecule has 21 heavy (non-hydrogen) atoms. The molecule has 6 heteroatoms. The zero-order chi connectivity index (χ0) is 15.9. The van der Waals surface area contributed by atoms with Crippen molar-refractivity contribution in [3.63, 3.8) is 0 Å². The maximum Gasteiger partial charge on any atom is 0.335 e. The lowest BCUT2D eigenvalue weighted by Crippen LogP contribution is -2.37. The average molecular weight is 354 g/mol. The maximum atomic E-state index is 12.6. The van der Waals surface area contributed by atoms with Crippen LogP contribution >= 0.6 is 15.9 Å². The molecule has 112 valence electrons. The van der Waals surface area contributed by atoms with Gasteiger partial charge >= 0.3 is 5.97 Å². The Hall–Kier alpha value is -1.69. The number of halogens is 1. The summed E-state index contributed by atoms with van der Waals surface area (Å²) in [5, 5.41) is 9.09. The van der Waals surface area contributed by atoms with Crippen LogP contribution in [0.25, 0.3) is 0 Å². The van der Waals surface area contributed by atoms with Gasteiger partial charge in [-0.2, -0.15) is 0 Å². The first kappa shape index (κ1) is 15.7. The zero-order valence-electron chi connectivity index (χ0n) is 12.0. The highest BCUT2D eigenvalue weighted by atomic mass is 79.9. The van der Waals surface area contributed by atoms with Gasteiger partial charge in [0.15, 0.2) is 0 Å². The molecule has 1 aromatic carbocycles. The standard InChI is InChI=1S/C15H16BrNO4/c1-8(2)15(3)7-12(18)17(14(15)21)11-5-9(13(19)20)4-10(16)6-11/h4-6,8H,7H2,1-3H3,(H,19,20). The molecule has 1 heterocycles. The van der Waals surface area contributed by atoms with Crippen molar-refractivity contribution in [3.8, 4) is 0 Å². The van der Waals surface area contributed by atoms with Gasteiger partial charge in [-0.1, -0.05) is 29.8 Å². The molecule has 1 aliphatic rings. The van der Waals surface area contributed by atoms with Crippen LogP contribution in [0.4, 0.5) is 5.69 Å². The van der Waals surface area contributed by atoms with E-state index in [1.807, 2.05) is 13.8 Å². The highest BCUT2D eigenvalue weighted by Gasteiger charge is 2.50. The number of hydrogen-bond donors (Lipinski definition) is 1. The van der Waals surface area contributed by atoms with E-state index in [0.29, 0.717) is 10.2 Å². The molecule has 1 fully saturated rings. The quantitative estimate of drug-likeness (QED) is 0.847. The number of nitrogens with zero attached hydrogens (tertiary/aromatic N) is 1. The van der Waals surface area contributed by atoms with Crippen LogP contribution in [0.15, 0.2) is 22.7 Å². The molecule has 0 aromatic heterocycles. The number of anilines is 1. The molecule has 1 aliphatic heterocycles. The second-order valence-electron chi connectivity index (χ2n) is 5.79. The molecule has 0 spiro atoms.